The van der Waals surface area contributed by atoms with Gasteiger partial charge in [-0.1, -0.05) is 12.1 Å². The Morgan fingerprint density at radius 3 is 2.55 bits per heavy atom. The second kappa shape index (κ2) is 11.8. The van der Waals surface area contributed by atoms with Crippen molar-refractivity contribution in [2.75, 3.05) is 54.1 Å². The fourth-order valence-electron chi connectivity index (χ4n) is 6.64. The Labute approximate surface area is 255 Å². The zero-order valence-corrected chi connectivity index (χ0v) is 25.2. The predicted octanol–water partition coefficient (Wildman–Crippen LogP) is 6.15. The number of carbonyl (C=O) groups excluding carboxylic acids is 1. The highest BCUT2D eigenvalue weighted by molar-refractivity contribution is 6.06. The van der Waals surface area contributed by atoms with Crippen LogP contribution in [0.2, 0.25) is 0 Å². The van der Waals surface area contributed by atoms with Crippen LogP contribution in [-0.2, 0) is 22.9 Å². The number of likely N-dealkylation sites (tertiary alicyclic amines) is 1. The Morgan fingerprint density at radius 1 is 1.09 bits per heavy atom. The number of hydrogen-bond acceptors (Lipinski definition) is 8. The van der Waals surface area contributed by atoms with Gasteiger partial charge in [-0.05, 0) is 81.9 Å². The largest absolute Gasteiger partial charge is 0.494 e. The average Bonchev–Trinajstić information content (AvgIpc) is 3.62. The number of alkyl halides is 3. The van der Waals surface area contributed by atoms with Gasteiger partial charge in [0.1, 0.15) is 17.1 Å². The van der Waals surface area contributed by atoms with Crippen LogP contribution in [0.25, 0.3) is 0 Å². The molecule has 2 saturated heterocycles. The highest BCUT2D eigenvalue weighted by atomic mass is 19.4. The molecule has 234 valence electrons. The molecule has 3 aliphatic rings. The van der Waals surface area contributed by atoms with Gasteiger partial charge >= 0.3 is 6.18 Å². The monoisotopic (exact) mass is 609 g/mol. The van der Waals surface area contributed by atoms with Crippen molar-refractivity contribution in [3.05, 3.63) is 59.3 Å². The van der Waals surface area contributed by atoms with Gasteiger partial charge in [-0.15, -0.1) is 0 Å². The van der Waals surface area contributed by atoms with Crippen molar-refractivity contribution in [3.63, 3.8) is 0 Å². The molecule has 44 heavy (non-hydrogen) atoms. The number of nitrogens with zero attached hydrogens (tertiary/aromatic N) is 4. The van der Waals surface area contributed by atoms with Gasteiger partial charge in [0.2, 0.25) is 11.9 Å². The van der Waals surface area contributed by atoms with Crippen molar-refractivity contribution >= 4 is 34.7 Å². The minimum absolute atomic E-state index is 0.00607. The van der Waals surface area contributed by atoms with E-state index in [0.29, 0.717) is 28.7 Å². The highest BCUT2D eigenvalue weighted by Crippen LogP contribution is 2.41. The SMILES string of the molecule is COc1cc(N2CCC(N3CCCC3)CC2)ccc1Nc1ncc(C(F)(F)F)c(NCc2cccc3c2C(C)(C)C(=O)N3)n1. The fraction of sp³-hybridized carbons (Fsp3) is 0.469. The molecule has 0 saturated carbocycles. The number of anilines is 5. The molecule has 0 atom stereocenters. The number of ether oxygens (including phenoxy) is 1. The Morgan fingerprint density at radius 2 is 1.84 bits per heavy atom. The number of nitrogens with one attached hydrogen (secondary N) is 3. The van der Waals surface area contributed by atoms with Gasteiger partial charge in [0.25, 0.3) is 0 Å². The molecule has 0 radical (unpaired) electrons. The number of benzene rings is 2. The Balaban J connectivity index is 1.19. The van der Waals surface area contributed by atoms with E-state index in [2.05, 4.69) is 35.7 Å². The molecule has 3 N–H and O–H groups in total. The maximum absolute atomic E-state index is 14.0. The van der Waals surface area contributed by atoms with E-state index in [1.807, 2.05) is 18.2 Å². The maximum Gasteiger partial charge on any atom is 0.421 e. The number of halogens is 3. The molecule has 0 bridgehead atoms. The summed E-state index contributed by atoms with van der Waals surface area (Å²) in [5.74, 6) is 0.0185. The zero-order chi connectivity index (χ0) is 31.1. The second-order valence-electron chi connectivity index (χ2n) is 12.2. The molecule has 3 aromatic rings. The molecule has 3 aliphatic heterocycles. The summed E-state index contributed by atoms with van der Waals surface area (Å²) in [6.45, 7) is 7.94. The molecule has 2 aromatic carbocycles. The molecule has 1 aromatic heterocycles. The first kappa shape index (κ1) is 30.0. The summed E-state index contributed by atoms with van der Waals surface area (Å²) in [5.41, 5.74) is 1.90. The van der Waals surface area contributed by atoms with E-state index in [1.165, 1.54) is 25.9 Å². The van der Waals surface area contributed by atoms with E-state index in [4.69, 9.17) is 4.74 Å². The van der Waals surface area contributed by atoms with E-state index in [9.17, 15) is 18.0 Å². The molecule has 1 amide bonds. The number of piperidine rings is 1. The van der Waals surface area contributed by atoms with Gasteiger partial charge in [-0.25, -0.2) is 4.98 Å². The normalized spacial score (nSPS) is 18.7. The number of aromatic nitrogens is 2. The number of rotatable bonds is 8. The number of fused-ring (bicyclic) bond motifs is 1. The van der Waals surface area contributed by atoms with E-state index in [1.54, 1.807) is 39.2 Å². The number of hydrogen-bond donors (Lipinski definition) is 3. The minimum atomic E-state index is -4.67. The van der Waals surface area contributed by atoms with Crippen LogP contribution in [0, 0.1) is 0 Å². The molecule has 9 nitrogen and oxygen atoms in total. The first-order valence-corrected chi connectivity index (χ1v) is 15.1. The van der Waals surface area contributed by atoms with E-state index in [0.717, 1.165) is 43.4 Å². The van der Waals surface area contributed by atoms with Crippen LogP contribution in [-0.4, -0.2) is 60.1 Å². The fourth-order valence-corrected chi connectivity index (χ4v) is 6.64. The van der Waals surface area contributed by atoms with Crippen LogP contribution in [0.15, 0.2) is 42.6 Å². The van der Waals surface area contributed by atoms with Gasteiger partial charge in [-0.3, -0.25) is 4.79 Å². The summed E-state index contributed by atoms with van der Waals surface area (Å²) in [4.78, 5) is 25.6. The molecule has 0 unspecified atom stereocenters. The van der Waals surface area contributed by atoms with Crippen LogP contribution in [0.4, 0.5) is 42.0 Å². The van der Waals surface area contributed by atoms with Crippen LogP contribution in [0.1, 0.15) is 56.2 Å². The van der Waals surface area contributed by atoms with Crippen LogP contribution in [0.5, 0.6) is 5.75 Å². The minimum Gasteiger partial charge on any atom is -0.494 e. The molecular formula is C32H38F3N7O2. The smallest absolute Gasteiger partial charge is 0.421 e. The predicted molar refractivity (Wildman–Crippen MR) is 165 cm³/mol. The number of amides is 1. The van der Waals surface area contributed by atoms with Crippen molar-refractivity contribution < 1.29 is 22.7 Å². The Hall–Kier alpha value is -4.06. The first-order valence-electron chi connectivity index (χ1n) is 15.1. The van der Waals surface area contributed by atoms with Crippen molar-refractivity contribution in [2.24, 2.45) is 0 Å². The topological polar surface area (TPSA) is 94.7 Å². The molecule has 2 fully saturated rings. The summed E-state index contributed by atoms with van der Waals surface area (Å²) in [6, 6.07) is 11.8. The standard InChI is InChI=1S/C32H38F3N7O2/c1-31(2)27-20(7-6-8-25(27)38-29(31)43)18-36-28-23(32(33,34)35)19-37-30(40-28)39-24-10-9-22(17-26(24)44-3)42-15-11-21(12-16-42)41-13-4-5-14-41/h6-10,17,19,21H,4-5,11-16,18H2,1-3H3,(H,38,43)(H2,36,37,39,40). The van der Waals surface area contributed by atoms with Crippen molar-refractivity contribution in [1.29, 1.82) is 0 Å². The lowest BCUT2D eigenvalue weighted by atomic mass is 9.83. The lowest BCUT2D eigenvalue weighted by molar-refractivity contribution is -0.137. The van der Waals surface area contributed by atoms with Crippen molar-refractivity contribution in [3.8, 4) is 5.75 Å². The summed E-state index contributed by atoms with van der Waals surface area (Å²) >= 11 is 0. The lowest BCUT2D eigenvalue weighted by Gasteiger charge is -2.38. The van der Waals surface area contributed by atoms with E-state index in [-0.39, 0.29) is 24.2 Å². The molecule has 0 spiro atoms. The summed E-state index contributed by atoms with van der Waals surface area (Å²) in [7, 11) is 1.56. The summed E-state index contributed by atoms with van der Waals surface area (Å²) in [6.07, 6.45) is 0.921. The third kappa shape index (κ3) is 5.87. The molecule has 0 aliphatic carbocycles. The molecular weight excluding hydrogens is 571 g/mol. The van der Waals surface area contributed by atoms with Gasteiger partial charge in [0.05, 0.1) is 18.2 Å². The van der Waals surface area contributed by atoms with Crippen LogP contribution >= 0.6 is 0 Å². The van der Waals surface area contributed by atoms with Crippen LogP contribution in [0.3, 0.4) is 0 Å². The number of methoxy groups -OCH3 is 1. The third-order valence-corrected chi connectivity index (χ3v) is 9.05. The second-order valence-corrected chi connectivity index (χ2v) is 12.2. The molecule has 4 heterocycles. The van der Waals surface area contributed by atoms with Crippen LogP contribution < -0.4 is 25.6 Å². The number of carbonyl (C=O) groups is 1. The Bertz CT molecular complexity index is 1530. The van der Waals surface area contributed by atoms with Gasteiger partial charge in [0, 0.05) is 49.3 Å². The van der Waals surface area contributed by atoms with Gasteiger partial charge in [0.15, 0.2) is 0 Å². The molecule has 6 rings (SSSR count). The maximum atomic E-state index is 14.0. The Kier molecular flexibility index (Phi) is 8.04. The van der Waals surface area contributed by atoms with Crippen molar-refractivity contribution in [2.45, 2.75) is 63.7 Å². The van der Waals surface area contributed by atoms with E-state index >= 15 is 0 Å². The quantitative estimate of drug-likeness (QED) is 0.280. The molecule has 12 heteroatoms. The summed E-state index contributed by atoms with van der Waals surface area (Å²) in [5, 5.41) is 8.75. The summed E-state index contributed by atoms with van der Waals surface area (Å²) < 4.78 is 47.5. The van der Waals surface area contributed by atoms with Gasteiger partial charge < -0.3 is 30.5 Å². The average molecular weight is 610 g/mol. The van der Waals surface area contributed by atoms with E-state index < -0.39 is 17.2 Å². The van der Waals surface area contributed by atoms with Crippen molar-refractivity contribution in [1.82, 2.24) is 14.9 Å². The van der Waals surface area contributed by atoms with Gasteiger partial charge in [-0.2, -0.15) is 18.2 Å². The third-order valence-electron chi connectivity index (χ3n) is 9.05. The first-order chi connectivity index (χ1) is 21.0. The highest BCUT2D eigenvalue weighted by Gasteiger charge is 2.40. The zero-order valence-electron chi connectivity index (χ0n) is 25.2. The lowest BCUT2D eigenvalue weighted by Crippen LogP contribution is -2.43.